The highest BCUT2D eigenvalue weighted by Crippen LogP contribution is 2.42. The number of likely N-dealkylation sites (N-methyl/N-ethyl adjacent to an activating group) is 1. The molecule has 0 radical (unpaired) electrons. The number of carbonyl (C=O) groups is 1. The van der Waals surface area contributed by atoms with Crippen molar-refractivity contribution in [1.29, 1.82) is 0 Å². The van der Waals surface area contributed by atoms with Gasteiger partial charge in [-0.3, -0.25) is 4.79 Å². The lowest BCUT2D eigenvalue weighted by atomic mass is 10.1. The van der Waals surface area contributed by atoms with Gasteiger partial charge in [-0.2, -0.15) is 0 Å². The first-order valence-corrected chi connectivity index (χ1v) is 11.4. The van der Waals surface area contributed by atoms with E-state index in [9.17, 15) is 4.79 Å². The zero-order valence-electron chi connectivity index (χ0n) is 19.5. The summed E-state index contributed by atoms with van der Waals surface area (Å²) in [6.45, 7) is 5.30. The van der Waals surface area contributed by atoms with E-state index in [0.717, 1.165) is 45.6 Å². The summed E-state index contributed by atoms with van der Waals surface area (Å²) in [5.41, 5.74) is 5.36. The number of fused-ring (bicyclic) bond motifs is 2. The monoisotopic (exact) mass is 443 g/mol. The lowest BCUT2D eigenvalue weighted by molar-refractivity contribution is -0.116. The van der Waals surface area contributed by atoms with Crippen LogP contribution in [0, 0.1) is 6.92 Å². The van der Waals surface area contributed by atoms with Crippen LogP contribution in [0.1, 0.15) is 37.1 Å². The maximum atomic E-state index is 12.6. The average molecular weight is 444 g/mol. The molecule has 0 spiro atoms. The van der Waals surface area contributed by atoms with Crippen molar-refractivity contribution in [3.63, 3.8) is 0 Å². The summed E-state index contributed by atoms with van der Waals surface area (Å²) in [7, 11) is 3.76. The molecule has 170 valence electrons. The number of aromatic nitrogens is 4. The smallest absolute Gasteiger partial charge is 0.238 e. The summed E-state index contributed by atoms with van der Waals surface area (Å²) in [6, 6.07) is 10.1. The van der Waals surface area contributed by atoms with Crippen LogP contribution in [0.15, 0.2) is 36.5 Å². The van der Waals surface area contributed by atoms with Gasteiger partial charge in [0.2, 0.25) is 11.9 Å². The maximum absolute atomic E-state index is 12.6. The number of aryl methyl sites for hydroxylation is 2. The van der Waals surface area contributed by atoms with E-state index >= 15 is 0 Å². The van der Waals surface area contributed by atoms with E-state index in [1.807, 2.05) is 56.4 Å². The third kappa shape index (κ3) is 4.26. The van der Waals surface area contributed by atoms with Gasteiger partial charge in [0.25, 0.3) is 0 Å². The number of nitrogens with one attached hydrogen (secondary N) is 2. The second kappa shape index (κ2) is 8.44. The Labute approximate surface area is 193 Å². The van der Waals surface area contributed by atoms with Crippen LogP contribution in [0.4, 0.5) is 17.3 Å². The molecule has 4 aromatic rings. The molecular formula is C25H29N7O. The van der Waals surface area contributed by atoms with Gasteiger partial charge in [0, 0.05) is 29.7 Å². The van der Waals surface area contributed by atoms with E-state index in [1.165, 1.54) is 12.8 Å². The quantitative estimate of drug-likeness (QED) is 0.439. The first-order chi connectivity index (χ1) is 15.9. The van der Waals surface area contributed by atoms with E-state index in [1.54, 1.807) is 0 Å². The highest BCUT2D eigenvalue weighted by Gasteiger charge is 2.30. The molecule has 8 heteroatoms. The molecule has 0 aliphatic heterocycles. The van der Waals surface area contributed by atoms with Gasteiger partial charge in [-0.1, -0.05) is 18.2 Å². The molecule has 1 fully saturated rings. The van der Waals surface area contributed by atoms with E-state index in [4.69, 9.17) is 9.97 Å². The molecule has 2 aromatic carbocycles. The fourth-order valence-electron chi connectivity index (χ4n) is 4.26. The van der Waals surface area contributed by atoms with Gasteiger partial charge in [0.15, 0.2) is 0 Å². The topological polar surface area (TPSA) is 88.0 Å². The molecule has 2 aromatic heterocycles. The Balaban J connectivity index is 1.58. The Bertz CT molecular complexity index is 1350. The number of carbonyl (C=O) groups excluding carboxylic acids is 1. The van der Waals surface area contributed by atoms with E-state index in [2.05, 4.69) is 33.2 Å². The summed E-state index contributed by atoms with van der Waals surface area (Å²) in [5.74, 6) is 2.05. The van der Waals surface area contributed by atoms with Gasteiger partial charge in [-0.15, -0.1) is 0 Å². The zero-order chi connectivity index (χ0) is 23.1. The minimum atomic E-state index is -0.0740. The number of amides is 1. The van der Waals surface area contributed by atoms with Gasteiger partial charge in [0.05, 0.1) is 23.3 Å². The Morgan fingerprint density at radius 1 is 1.18 bits per heavy atom. The van der Waals surface area contributed by atoms with Crippen LogP contribution in [0.5, 0.6) is 0 Å². The Kier molecular flexibility index (Phi) is 5.46. The minimum Gasteiger partial charge on any atom is -0.328 e. The SMILES string of the molecule is CCn1c(C2CC2)nc2c(NC(=O)CN(C)C)cc(Nc3ncc4cccc(C)c4n3)cc21. The Morgan fingerprint density at radius 2 is 2.00 bits per heavy atom. The molecule has 0 atom stereocenters. The lowest BCUT2D eigenvalue weighted by Crippen LogP contribution is -2.27. The highest BCUT2D eigenvalue weighted by molar-refractivity contribution is 6.02. The van der Waals surface area contributed by atoms with Crippen LogP contribution in [0.2, 0.25) is 0 Å². The molecule has 5 rings (SSSR count). The molecule has 8 nitrogen and oxygen atoms in total. The molecule has 0 unspecified atom stereocenters. The molecule has 1 aliphatic rings. The first kappa shape index (κ1) is 21.3. The van der Waals surface area contributed by atoms with Crippen molar-refractivity contribution in [3.05, 3.63) is 47.9 Å². The van der Waals surface area contributed by atoms with Crippen molar-refractivity contribution in [2.45, 2.75) is 39.2 Å². The Hall–Kier alpha value is -3.52. The van der Waals surface area contributed by atoms with Crippen molar-refractivity contribution >= 4 is 45.2 Å². The fourth-order valence-corrected chi connectivity index (χ4v) is 4.26. The summed E-state index contributed by atoms with van der Waals surface area (Å²) < 4.78 is 2.26. The number of hydrogen-bond acceptors (Lipinski definition) is 6. The van der Waals surface area contributed by atoms with Gasteiger partial charge in [-0.25, -0.2) is 15.0 Å². The zero-order valence-corrected chi connectivity index (χ0v) is 19.5. The number of nitrogens with zero attached hydrogens (tertiary/aromatic N) is 5. The normalized spacial score (nSPS) is 13.7. The number of hydrogen-bond donors (Lipinski definition) is 2. The number of rotatable bonds is 7. The third-order valence-corrected chi connectivity index (χ3v) is 5.94. The molecular weight excluding hydrogens is 414 g/mol. The molecule has 1 amide bonds. The number of anilines is 3. The number of para-hydroxylation sites is 1. The van der Waals surface area contributed by atoms with Gasteiger partial charge >= 0.3 is 0 Å². The van der Waals surface area contributed by atoms with Gasteiger partial charge < -0.3 is 20.1 Å². The minimum absolute atomic E-state index is 0.0740. The van der Waals surface area contributed by atoms with Crippen LogP contribution >= 0.6 is 0 Å². The van der Waals surface area contributed by atoms with Crippen molar-refractivity contribution in [3.8, 4) is 0 Å². The van der Waals surface area contributed by atoms with Crippen molar-refractivity contribution in [2.75, 3.05) is 31.3 Å². The predicted molar refractivity (Wildman–Crippen MR) is 132 cm³/mol. The van der Waals surface area contributed by atoms with E-state index in [0.29, 0.717) is 24.1 Å². The third-order valence-electron chi connectivity index (χ3n) is 5.94. The van der Waals surface area contributed by atoms with Gasteiger partial charge in [0.1, 0.15) is 11.3 Å². The maximum Gasteiger partial charge on any atom is 0.238 e. The summed E-state index contributed by atoms with van der Waals surface area (Å²) in [4.78, 5) is 28.6. The van der Waals surface area contributed by atoms with E-state index in [-0.39, 0.29) is 5.91 Å². The second-order valence-corrected chi connectivity index (χ2v) is 9.00. The predicted octanol–water partition coefficient (Wildman–Crippen LogP) is 4.43. The molecule has 2 heterocycles. The average Bonchev–Trinajstić information content (AvgIpc) is 3.54. The van der Waals surface area contributed by atoms with Crippen LogP contribution in [-0.4, -0.2) is 51.0 Å². The molecule has 1 saturated carbocycles. The lowest BCUT2D eigenvalue weighted by Gasteiger charge is -2.13. The van der Waals surface area contributed by atoms with Crippen molar-refractivity contribution < 1.29 is 4.79 Å². The largest absolute Gasteiger partial charge is 0.328 e. The van der Waals surface area contributed by atoms with Crippen molar-refractivity contribution in [1.82, 2.24) is 24.4 Å². The fraction of sp³-hybridized carbons (Fsp3) is 0.360. The van der Waals surface area contributed by atoms with Crippen LogP contribution in [0.3, 0.4) is 0 Å². The molecule has 2 N–H and O–H groups in total. The first-order valence-electron chi connectivity index (χ1n) is 11.4. The van der Waals surface area contributed by atoms with Crippen LogP contribution in [0.25, 0.3) is 21.9 Å². The van der Waals surface area contributed by atoms with E-state index < -0.39 is 0 Å². The summed E-state index contributed by atoms with van der Waals surface area (Å²) in [5, 5.41) is 7.42. The standard InChI is InChI=1S/C25H29N7O/c1-5-32-20-12-18(27-25-26-13-17-8-6-7-15(2)22(17)30-25)11-19(28-21(33)14-31(3)4)23(20)29-24(32)16-9-10-16/h6-8,11-13,16H,5,9-10,14H2,1-4H3,(H,28,33)(H,26,27,30). The van der Waals surface area contributed by atoms with Crippen molar-refractivity contribution in [2.24, 2.45) is 0 Å². The molecule has 0 bridgehead atoms. The summed E-state index contributed by atoms with van der Waals surface area (Å²) >= 11 is 0. The molecule has 1 aliphatic carbocycles. The highest BCUT2D eigenvalue weighted by atomic mass is 16.2. The second-order valence-electron chi connectivity index (χ2n) is 9.00. The number of imidazole rings is 1. The Morgan fingerprint density at radius 3 is 2.73 bits per heavy atom. The molecule has 0 saturated heterocycles. The van der Waals surface area contributed by atoms with Crippen LogP contribution < -0.4 is 10.6 Å². The summed E-state index contributed by atoms with van der Waals surface area (Å²) in [6.07, 6.45) is 4.17. The molecule has 33 heavy (non-hydrogen) atoms. The number of benzene rings is 2. The van der Waals surface area contributed by atoms with Crippen LogP contribution in [-0.2, 0) is 11.3 Å². The van der Waals surface area contributed by atoms with Gasteiger partial charge in [-0.05, 0) is 58.5 Å².